The summed E-state index contributed by atoms with van der Waals surface area (Å²) in [6, 6.07) is 5.13. The topological polar surface area (TPSA) is 61.9 Å². The summed E-state index contributed by atoms with van der Waals surface area (Å²) < 4.78 is 6.11. The standard InChI is InChI=1S/C21H27Cl2N3O3/c22-17-4-3-16(18(23)12-17)13-24-20(28)26-9-10-29-21(14-26)5-7-25(8-6-21)19(27)11-15-1-2-15/h3-4,12,15H,1-2,5-11,13-14H2,(H,24,28). The number of halogens is 2. The van der Waals surface area contributed by atoms with Crippen molar-refractivity contribution in [2.24, 2.45) is 5.92 Å². The molecule has 1 saturated carbocycles. The number of nitrogens with one attached hydrogen (secondary N) is 1. The lowest BCUT2D eigenvalue weighted by Gasteiger charge is -2.47. The summed E-state index contributed by atoms with van der Waals surface area (Å²) in [5, 5.41) is 4.06. The quantitative estimate of drug-likeness (QED) is 0.777. The van der Waals surface area contributed by atoms with Crippen LogP contribution < -0.4 is 5.32 Å². The highest BCUT2D eigenvalue weighted by Gasteiger charge is 2.42. The van der Waals surface area contributed by atoms with Crippen molar-refractivity contribution in [2.75, 3.05) is 32.8 Å². The van der Waals surface area contributed by atoms with Crippen molar-refractivity contribution < 1.29 is 14.3 Å². The van der Waals surface area contributed by atoms with E-state index in [2.05, 4.69) is 5.32 Å². The lowest BCUT2D eigenvalue weighted by Crippen LogP contribution is -2.59. The molecule has 3 aliphatic rings. The Balaban J connectivity index is 1.28. The normalized spacial score (nSPS) is 21.3. The maximum Gasteiger partial charge on any atom is 0.317 e. The predicted molar refractivity (Wildman–Crippen MR) is 112 cm³/mol. The molecule has 8 heteroatoms. The van der Waals surface area contributed by atoms with Gasteiger partial charge in [-0.2, -0.15) is 0 Å². The summed E-state index contributed by atoms with van der Waals surface area (Å²) in [6.45, 7) is 3.40. The summed E-state index contributed by atoms with van der Waals surface area (Å²) in [4.78, 5) is 28.8. The first kappa shape index (κ1) is 20.8. The molecule has 6 nitrogen and oxygen atoms in total. The van der Waals surface area contributed by atoms with Crippen LogP contribution in [0.2, 0.25) is 10.0 Å². The summed E-state index contributed by atoms with van der Waals surface area (Å²) >= 11 is 12.1. The van der Waals surface area contributed by atoms with E-state index in [-0.39, 0.29) is 17.5 Å². The summed E-state index contributed by atoms with van der Waals surface area (Å²) in [5.74, 6) is 0.880. The third-order valence-electron chi connectivity index (χ3n) is 6.17. The van der Waals surface area contributed by atoms with Gasteiger partial charge in [-0.1, -0.05) is 29.3 Å². The zero-order chi connectivity index (χ0) is 20.4. The molecule has 158 valence electrons. The SMILES string of the molecule is O=C(CC1CC1)N1CCC2(CC1)CN(C(=O)NCc1ccc(Cl)cc1Cl)CCO2. The molecule has 2 heterocycles. The Labute approximate surface area is 181 Å². The van der Waals surface area contributed by atoms with Crippen LogP contribution >= 0.6 is 23.2 Å². The van der Waals surface area contributed by atoms with Gasteiger partial charge in [0.15, 0.2) is 0 Å². The van der Waals surface area contributed by atoms with Gasteiger partial charge in [-0.3, -0.25) is 4.79 Å². The van der Waals surface area contributed by atoms with Gasteiger partial charge in [-0.15, -0.1) is 0 Å². The molecule has 0 aromatic heterocycles. The van der Waals surface area contributed by atoms with Crippen LogP contribution in [0.1, 0.15) is 37.7 Å². The number of urea groups is 1. The average molecular weight is 440 g/mol. The molecular weight excluding hydrogens is 413 g/mol. The van der Waals surface area contributed by atoms with Crippen molar-refractivity contribution in [1.29, 1.82) is 0 Å². The lowest BCUT2D eigenvalue weighted by molar-refractivity contribution is -0.146. The second-order valence-electron chi connectivity index (χ2n) is 8.38. The Morgan fingerprint density at radius 1 is 1.14 bits per heavy atom. The number of piperidine rings is 1. The Bertz CT molecular complexity index is 776. The van der Waals surface area contributed by atoms with E-state index in [1.807, 2.05) is 15.9 Å². The maximum atomic E-state index is 12.7. The van der Waals surface area contributed by atoms with Gasteiger partial charge >= 0.3 is 6.03 Å². The van der Waals surface area contributed by atoms with Crippen molar-refractivity contribution in [2.45, 2.75) is 44.2 Å². The van der Waals surface area contributed by atoms with Gasteiger partial charge in [0, 0.05) is 42.6 Å². The smallest absolute Gasteiger partial charge is 0.317 e. The summed E-state index contributed by atoms with van der Waals surface area (Å²) in [6.07, 6.45) is 4.62. The van der Waals surface area contributed by atoms with E-state index in [1.54, 1.807) is 12.1 Å². The monoisotopic (exact) mass is 439 g/mol. The number of morpholine rings is 1. The minimum atomic E-state index is -0.343. The fraction of sp³-hybridized carbons (Fsp3) is 0.619. The highest BCUT2D eigenvalue weighted by atomic mass is 35.5. The van der Waals surface area contributed by atoms with Crippen molar-refractivity contribution in [1.82, 2.24) is 15.1 Å². The van der Waals surface area contributed by atoms with Crippen molar-refractivity contribution in [3.8, 4) is 0 Å². The molecule has 0 bridgehead atoms. The van der Waals surface area contributed by atoms with Crippen molar-refractivity contribution >= 4 is 35.1 Å². The number of ether oxygens (including phenoxy) is 1. The third-order valence-corrected chi connectivity index (χ3v) is 6.76. The predicted octanol–water partition coefficient (Wildman–Crippen LogP) is 3.70. The van der Waals surface area contributed by atoms with Crippen LogP contribution in [0.4, 0.5) is 4.79 Å². The Morgan fingerprint density at radius 2 is 1.90 bits per heavy atom. The zero-order valence-corrected chi connectivity index (χ0v) is 18.0. The molecule has 1 aliphatic carbocycles. The van der Waals surface area contributed by atoms with Gasteiger partial charge in [0.25, 0.3) is 0 Å². The molecule has 2 aliphatic heterocycles. The summed E-state index contributed by atoms with van der Waals surface area (Å²) in [5.41, 5.74) is 0.485. The number of carbonyl (C=O) groups is 2. The van der Waals surface area contributed by atoms with Crippen LogP contribution in [0.15, 0.2) is 18.2 Å². The van der Waals surface area contributed by atoms with Gasteiger partial charge in [0.05, 0.1) is 18.8 Å². The van der Waals surface area contributed by atoms with E-state index in [1.165, 1.54) is 12.8 Å². The average Bonchev–Trinajstić information content (AvgIpc) is 3.51. The highest BCUT2D eigenvalue weighted by molar-refractivity contribution is 6.35. The fourth-order valence-corrected chi connectivity index (χ4v) is 4.61. The molecule has 1 aromatic rings. The number of likely N-dealkylation sites (tertiary alicyclic amines) is 1. The Kier molecular flexibility index (Phi) is 6.23. The largest absolute Gasteiger partial charge is 0.371 e. The van der Waals surface area contributed by atoms with Crippen LogP contribution in [-0.4, -0.2) is 60.1 Å². The first-order chi connectivity index (χ1) is 13.9. The van der Waals surface area contributed by atoms with Crippen molar-refractivity contribution in [3.63, 3.8) is 0 Å². The molecule has 1 N–H and O–H groups in total. The van der Waals surface area contributed by atoms with E-state index in [9.17, 15) is 9.59 Å². The molecule has 0 radical (unpaired) electrons. The molecule has 1 aromatic carbocycles. The first-order valence-electron chi connectivity index (χ1n) is 10.3. The number of nitrogens with zero attached hydrogens (tertiary/aromatic N) is 2. The van der Waals surface area contributed by atoms with Crippen molar-refractivity contribution in [3.05, 3.63) is 33.8 Å². The highest BCUT2D eigenvalue weighted by Crippen LogP contribution is 2.35. The first-order valence-corrected chi connectivity index (χ1v) is 11.1. The molecule has 4 rings (SSSR count). The van der Waals surface area contributed by atoms with Crippen LogP contribution in [0.3, 0.4) is 0 Å². The number of hydrogen-bond acceptors (Lipinski definition) is 3. The second-order valence-corrected chi connectivity index (χ2v) is 9.22. The van der Waals surface area contributed by atoms with Gasteiger partial charge in [-0.05, 0) is 49.3 Å². The molecular formula is C21H27Cl2N3O3. The van der Waals surface area contributed by atoms with Gasteiger partial charge in [0.1, 0.15) is 0 Å². The molecule has 0 atom stereocenters. The van der Waals surface area contributed by atoms with E-state index in [0.29, 0.717) is 61.7 Å². The number of benzene rings is 1. The molecule has 2 saturated heterocycles. The van der Waals surface area contributed by atoms with Crippen LogP contribution in [-0.2, 0) is 16.1 Å². The number of amides is 3. The van der Waals surface area contributed by atoms with Gasteiger partial charge in [-0.25, -0.2) is 4.79 Å². The van der Waals surface area contributed by atoms with Crippen LogP contribution in [0.25, 0.3) is 0 Å². The number of carbonyl (C=O) groups excluding carboxylic acids is 2. The molecule has 3 fully saturated rings. The van der Waals surface area contributed by atoms with Gasteiger partial charge in [0.2, 0.25) is 5.91 Å². The minimum Gasteiger partial charge on any atom is -0.371 e. The molecule has 3 amide bonds. The summed E-state index contributed by atoms with van der Waals surface area (Å²) in [7, 11) is 0. The van der Waals surface area contributed by atoms with E-state index < -0.39 is 0 Å². The maximum absolute atomic E-state index is 12.7. The fourth-order valence-electron chi connectivity index (χ4n) is 4.13. The lowest BCUT2D eigenvalue weighted by atomic mass is 9.89. The number of hydrogen-bond donors (Lipinski definition) is 1. The Morgan fingerprint density at radius 3 is 2.59 bits per heavy atom. The minimum absolute atomic E-state index is 0.120. The molecule has 29 heavy (non-hydrogen) atoms. The van der Waals surface area contributed by atoms with E-state index >= 15 is 0 Å². The zero-order valence-electron chi connectivity index (χ0n) is 16.5. The van der Waals surface area contributed by atoms with E-state index in [4.69, 9.17) is 27.9 Å². The second kappa shape index (κ2) is 8.70. The molecule has 0 unspecified atom stereocenters. The number of rotatable bonds is 4. The molecule has 1 spiro atoms. The Hall–Kier alpha value is -1.50. The van der Waals surface area contributed by atoms with Gasteiger partial charge < -0.3 is 19.9 Å². The van der Waals surface area contributed by atoms with E-state index in [0.717, 1.165) is 18.4 Å². The van der Waals surface area contributed by atoms with Crippen LogP contribution in [0, 0.1) is 5.92 Å². The van der Waals surface area contributed by atoms with Crippen LogP contribution in [0.5, 0.6) is 0 Å². The third kappa shape index (κ3) is 5.16.